The zero-order chi connectivity index (χ0) is 10.8. The van der Waals surface area contributed by atoms with Gasteiger partial charge in [-0.3, -0.25) is 9.17 Å². The Morgan fingerprint density at radius 2 is 1.93 bits per heavy atom. The van der Waals surface area contributed by atoms with Gasteiger partial charge < -0.3 is 0 Å². The predicted molar refractivity (Wildman–Crippen MR) is 59.5 cm³/mol. The van der Waals surface area contributed by atoms with E-state index in [4.69, 9.17) is 0 Å². The summed E-state index contributed by atoms with van der Waals surface area (Å²) in [6, 6.07) is 7.75. The molecule has 0 amide bonds. The summed E-state index contributed by atoms with van der Waals surface area (Å²) in [5.41, 5.74) is 1.77. The summed E-state index contributed by atoms with van der Waals surface area (Å²) < 4.78 is 3.59. The number of aromatic amines is 1. The molecule has 5 heteroatoms. The maximum Gasteiger partial charge on any atom is 0.338 e. The average Bonchev–Trinajstić information content (AvgIpc) is 2.53. The van der Waals surface area contributed by atoms with Gasteiger partial charge in [0.05, 0.1) is 6.54 Å². The van der Waals surface area contributed by atoms with Gasteiger partial charge in [0.2, 0.25) is 0 Å². The lowest BCUT2D eigenvalue weighted by atomic mass is 10.1. The molecule has 0 bridgehead atoms. The van der Waals surface area contributed by atoms with Crippen LogP contribution in [0.5, 0.6) is 0 Å². The first kappa shape index (κ1) is 9.92. The van der Waals surface area contributed by atoms with Crippen molar-refractivity contribution in [1.82, 2.24) is 8.94 Å². The molecule has 0 radical (unpaired) electrons. The minimum absolute atomic E-state index is 0.249. The van der Waals surface area contributed by atoms with Gasteiger partial charge in [-0.1, -0.05) is 29.8 Å². The summed E-state index contributed by atoms with van der Waals surface area (Å²) in [4.78, 5) is 22.2. The first-order valence-electron chi connectivity index (χ1n) is 4.50. The van der Waals surface area contributed by atoms with Crippen LogP contribution in [0.4, 0.5) is 0 Å². The Hall–Kier alpha value is -1.62. The summed E-state index contributed by atoms with van der Waals surface area (Å²) in [5, 5.41) is 0. The number of hydrogen-bond donors (Lipinski definition) is 1. The number of H-pyrrole nitrogens is 1. The van der Waals surface area contributed by atoms with Gasteiger partial charge >= 0.3 is 10.6 Å². The van der Waals surface area contributed by atoms with Gasteiger partial charge in [0.1, 0.15) is 0 Å². The number of benzene rings is 1. The highest BCUT2D eigenvalue weighted by Crippen LogP contribution is 2.03. The summed E-state index contributed by atoms with van der Waals surface area (Å²) in [7, 11) is 0. The van der Waals surface area contributed by atoms with Crippen LogP contribution in [0.3, 0.4) is 0 Å². The molecule has 0 fully saturated rings. The monoisotopic (exact) mass is 222 g/mol. The summed E-state index contributed by atoms with van der Waals surface area (Å²) >= 11 is 0.823. The molecule has 78 valence electrons. The number of aromatic nitrogens is 2. The van der Waals surface area contributed by atoms with Gasteiger partial charge in [0.25, 0.3) is 0 Å². The SMILES string of the molecule is Cc1ccc(Cn2c(=O)[nH]sc2=O)cc1. The summed E-state index contributed by atoms with van der Waals surface area (Å²) in [6.07, 6.45) is 0. The Labute approximate surface area is 90.0 Å². The van der Waals surface area contributed by atoms with E-state index in [1.165, 1.54) is 4.57 Å². The average molecular weight is 222 g/mol. The molecule has 0 unspecified atom stereocenters. The van der Waals surface area contributed by atoms with Crippen LogP contribution in [0.15, 0.2) is 33.9 Å². The van der Waals surface area contributed by atoms with Crippen molar-refractivity contribution in [3.05, 3.63) is 55.5 Å². The van der Waals surface area contributed by atoms with Gasteiger partial charge in [-0.15, -0.1) is 0 Å². The van der Waals surface area contributed by atoms with E-state index < -0.39 is 0 Å². The van der Waals surface area contributed by atoms with Crippen LogP contribution >= 0.6 is 11.5 Å². The third kappa shape index (κ3) is 2.07. The Kier molecular flexibility index (Phi) is 2.55. The lowest BCUT2D eigenvalue weighted by Gasteiger charge is -2.00. The van der Waals surface area contributed by atoms with Crippen LogP contribution < -0.4 is 10.6 Å². The maximum atomic E-state index is 11.3. The smallest absolute Gasteiger partial charge is 0.258 e. The quantitative estimate of drug-likeness (QED) is 0.822. The van der Waals surface area contributed by atoms with Gasteiger partial charge in [-0.05, 0) is 12.5 Å². The van der Waals surface area contributed by atoms with Crippen molar-refractivity contribution in [1.29, 1.82) is 0 Å². The van der Waals surface area contributed by atoms with Gasteiger partial charge in [0, 0.05) is 11.5 Å². The molecule has 1 aromatic heterocycles. The molecular weight excluding hydrogens is 212 g/mol. The van der Waals surface area contributed by atoms with E-state index in [2.05, 4.69) is 4.37 Å². The van der Waals surface area contributed by atoms with Crippen LogP contribution in [0.1, 0.15) is 11.1 Å². The summed E-state index contributed by atoms with van der Waals surface area (Å²) in [5.74, 6) is 0. The minimum atomic E-state index is -0.342. The molecule has 4 nitrogen and oxygen atoms in total. The van der Waals surface area contributed by atoms with E-state index in [9.17, 15) is 9.59 Å². The normalized spacial score (nSPS) is 10.5. The third-order valence-corrected chi connectivity index (χ3v) is 2.82. The molecule has 0 aliphatic rings. The number of nitrogens with one attached hydrogen (secondary N) is 1. The van der Waals surface area contributed by atoms with E-state index >= 15 is 0 Å². The minimum Gasteiger partial charge on any atom is -0.258 e. The molecule has 0 aliphatic heterocycles. The number of nitrogens with zero attached hydrogens (tertiary/aromatic N) is 1. The molecule has 2 rings (SSSR count). The molecule has 1 heterocycles. The van der Waals surface area contributed by atoms with Crippen LogP contribution in [0, 0.1) is 6.92 Å². The predicted octanol–water partition coefficient (Wildman–Crippen LogP) is 0.955. The molecule has 15 heavy (non-hydrogen) atoms. The van der Waals surface area contributed by atoms with Crippen LogP contribution in [0.2, 0.25) is 0 Å². The number of rotatable bonds is 2. The maximum absolute atomic E-state index is 11.3. The first-order valence-corrected chi connectivity index (χ1v) is 5.32. The lowest BCUT2D eigenvalue weighted by molar-refractivity contribution is 0.739. The molecule has 1 N–H and O–H groups in total. The molecular formula is C10H10N2O2S. The molecule has 0 saturated carbocycles. The van der Waals surface area contributed by atoms with E-state index in [0.29, 0.717) is 6.54 Å². The highest BCUT2D eigenvalue weighted by molar-refractivity contribution is 7.02. The Balaban J connectivity index is 2.34. The third-order valence-electron chi connectivity index (χ3n) is 2.15. The molecule has 0 saturated heterocycles. The van der Waals surface area contributed by atoms with Crippen molar-refractivity contribution >= 4 is 11.5 Å². The topological polar surface area (TPSA) is 54.9 Å². The van der Waals surface area contributed by atoms with Crippen molar-refractivity contribution in [2.45, 2.75) is 13.5 Å². The molecule has 2 aromatic rings. The molecule has 0 atom stereocenters. The van der Waals surface area contributed by atoms with E-state index in [0.717, 1.165) is 22.7 Å². The fraction of sp³-hybridized carbons (Fsp3) is 0.200. The van der Waals surface area contributed by atoms with Crippen LogP contribution in [-0.2, 0) is 6.54 Å². The number of hydrogen-bond acceptors (Lipinski definition) is 3. The van der Waals surface area contributed by atoms with Gasteiger partial charge in [-0.25, -0.2) is 9.36 Å². The van der Waals surface area contributed by atoms with Crippen LogP contribution in [-0.4, -0.2) is 8.94 Å². The zero-order valence-corrected chi connectivity index (χ0v) is 9.00. The van der Waals surface area contributed by atoms with Crippen molar-refractivity contribution < 1.29 is 0 Å². The standard InChI is InChI=1S/C10H10N2O2S/c1-7-2-4-8(5-3-7)6-12-9(13)11-15-10(12)14/h2-5H,6H2,1H3,(H,11,13). The Bertz CT molecular complexity index is 535. The number of aryl methyl sites for hydroxylation is 1. The second kappa shape index (κ2) is 3.86. The second-order valence-electron chi connectivity index (χ2n) is 3.35. The van der Waals surface area contributed by atoms with Crippen LogP contribution in [0.25, 0.3) is 0 Å². The Morgan fingerprint density at radius 3 is 2.47 bits per heavy atom. The molecule has 1 aromatic carbocycles. The van der Waals surface area contributed by atoms with Crippen molar-refractivity contribution in [3.8, 4) is 0 Å². The van der Waals surface area contributed by atoms with Crippen molar-refractivity contribution in [2.24, 2.45) is 0 Å². The fourth-order valence-electron chi connectivity index (χ4n) is 1.29. The summed E-state index contributed by atoms with van der Waals surface area (Å²) in [6.45, 7) is 2.32. The largest absolute Gasteiger partial charge is 0.338 e. The van der Waals surface area contributed by atoms with E-state index in [1.54, 1.807) is 0 Å². The highest BCUT2D eigenvalue weighted by atomic mass is 32.1. The van der Waals surface area contributed by atoms with E-state index in [-0.39, 0.29) is 10.6 Å². The first-order chi connectivity index (χ1) is 7.16. The molecule has 0 aliphatic carbocycles. The van der Waals surface area contributed by atoms with Gasteiger partial charge in [0.15, 0.2) is 0 Å². The van der Waals surface area contributed by atoms with Crippen molar-refractivity contribution in [3.63, 3.8) is 0 Å². The van der Waals surface area contributed by atoms with E-state index in [1.807, 2.05) is 31.2 Å². The highest BCUT2D eigenvalue weighted by Gasteiger charge is 2.03. The Morgan fingerprint density at radius 1 is 1.27 bits per heavy atom. The molecule has 0 spiro atoms. The fourth-order valence-corrected chi connectivity index (χ4v) is 1.84. The second-order valence-corrected chi connectivity index (χ2v) is 4.10. The van der Waals surface area contributed by atoms with Crippen molar-refractivity contribution in [2.75, 3.05) is 0 Å². The zero-order valence-electron chi connectivity index (χ0n) is 8.19. The van der Waals surface area contributed by atoms with Gasteiger partial charge in [-0.2, -0.15) is 0 Å². The lowest BCUT2D eigenvalue weighted by Crippen LogP contribution is -2.26.